The molecule has 1 saturated heterocycles. The number of nitrogens with zero attached hydrogens (tertiary/aromatic N) is 3. The van der Waals surface area contributed by atoms with Crippen LogP contribution in [0.25, 0.3) is 0 Å². The molecule has 0 amide bonds. The SMILES string of the molecule is C#CCOc1ccc(CN2CCN(c3c(F)cccc3C(O)c3cccnc3)CC2)cc1. The molecule has 0 bridgehead atoms. The predicted octanol–water partition coefficient (Wildman–Crippen LogP) is 3.64. The van der Waals surface area contributed by atoms with Crippen LogP contribution in [0.2, 0.25) is 0 Å². The fraction of sp³-hybridized carbons (Fsp3) is 0.269. The van der Waals surface area contributed by atoms with Gasteiger partial charge in [-0.05, 0) is 29.8 Å². The maximum absolute atomic E-state index is 14.9. The highest BCUT2D eigenvalue weighted by Gasteiger charge is 2.25. The molecule has 0 saturated carbocycles. The Morgan fingerprint density at radius 3 is 2.53 bits per heavy atom. The van der Waals surface area contributed by atoms with Crippen LogP contribution in [0.4, 0.5) is 10.1 Å². The van der Waals surface area contributed by atoms with Gasteiger partial charge in [0, 0.05) is 56.2 Å². The van der Waals surface area contributed by atoms with Crippen molar-refractivity contribution in [1.82, 2.24) is 9.88 Å². The molecule has 1 unspecified atom stereocenters. The van der Waals surface area contributed by atoms with Crippen molar-refractivity contribution in [2.24, 2.45) is 0 Å². The Morgan fingerprint density at radius 2 is 1.84 bits per heavy atom. The largest absolute Gasteiger partial charge is 0.481 e. The number of halogens is 1. The van der Waals surface area contributed by atoms with Gasteiger partial charge in [0.15, 0.2) is 0 Å². The zero-order valence-electron chi connectivity index (χ0n) is 17.8. The number of aromatic nitrogens is 1. The third-order valence-corrected chi connectivity index (χ3v) is 5.65. The first-order chi connectivity index (χ1) is 15.7. The zero-order valence-corrected chi connectivity index (χ0v) is 17.8. The predicted molar refractivity (Wildman–Crippen MR) is 123 cm³/mol. The van der Waals surface area contributed by atoms with Gasteiger partial charge in [0.05, 0.1) is 5.69 Å². The van der Waals surface area contributed by atoms with E-state index in [9.17, 15) is 9.50 Å². The Morgan fingerprint density at radius 1 is 1.06 bits per heavy atom. The van der Waals surface area contributed by atoms with Crippen LogP contribution < -0.4 is 9.64 Å². The molecule has 3 aromatic rings. The van der Waals surface area contributed by atoms with Crippen molar-refractivity contribution in [3.05, 3.63) is 89.5 Å². The molecule has 0 spiro atoms. The fourth-order valence-corrected chi connectivity index (χ4v) is 4.01. The van der Waals surface area contributed by atoms with Gasteiger partial charge in [-0.15, -0.1) is 6.42 Å². The molecule has 5 nitrogen and oxygen atoms in total. The van der Waals surface area contributed by atoms with Crippen LogP contribution in [-0.2, 0) is 6.54 Å². The first-order valence-corrected chi connectivity index (χ1v) is 10.6. The lowest BCUT2D eigenvalue weighted by molar-refractivity contribution is 0.218. The number of hydrogen-bond donors (Lipinski definition) is 1. The van der Waals surface area contributed by atoms with E-state index in [1.807, 2.05) is 29.2 Å². The van der Waals surface area contributed by atoms with Crippen molar-refractivity contribution in [2.75, 3.05) is 37.7 Å². The number of anilines is 1. The number of hydrogen-bond acceptors (Lipinski definition) is 5. The quantitative estimate of drug-likeness (QED) is 0.579. The second kappa shape index (κ2) is 10.3. The van der Waals surface area contributed by atoms with Gasteiger partial charge in [-0.2, -0.15) is 0 Å². The van der Waals surface area contributed by atoms with Crippen LogP contribution in [-0.4, -0.2) is 47.8 Å². The molecule has 1 aliphatic heterocycles. The molecule has 32 heavy (non-hydrogen) atoms. The summed E-state index contributed by atoms with van der Waals surface area (Å²) in [5.41, 5.74) is 2.87. The third kappa shape index (κ3) is 5.08. The van der Waals surface area contributed by atoms with Gasteiger partial charge in [-0.3, -0.25) is 9.88 Å². The Hall–Kier alpha value is -3.40. The van der Waals surface area contributed by atoms with E-state index in [4.69, 9.17) is 11.2 Å². The van der Waals surface area contributed by atoms with Crippen molar-refractivity contribution in [3.8, 4) is 18.1 Å². The zero-order chi connectivity index (χ0) is 22.3. The molecule has 1 aliphatic rings. The van der Waals surface area contributed by atoms with Gasteiger partial charge in [-0.1, -0.05) is 36.3 Å². The standard InChI is InChI=1S/C26H26FN3O2/c1-2-17-32-22-10-8-20(9-11-22)19-29-13-15-30(16-14-29)25-23(6-3-7-24(25)27)26(31)21-5-4-12-28-18-21/h1,3-12,18,26,31H,13-17,19H2. The minimum Gasteiger partial charge on any atom is -0.481 e. The molecule has 0 aliphatic carbocycles. The van der Waals surface area contributed by atoms with E-state index in [2.05, 4.69) is 15.8 Å². The molecular formula is C26H26FN3O2. The summed E-state index contributed by atoms with van der Waals surface area (Å²) in [6.07, 6.45) is 7.56. The van der Waals surface area contributed by atoms with Crippen molar-refractivity contribution in [1.29, 1.82) is 0 Å². The van der Waals surface area contributed by atoms with Gasteiger partial charge < -0.3 is 14.7 Å². The first kappa shape index (κ1) is 21.8. The second-order valence-corrected chi connectivity index (χ2v) is 7.77. The number of piperazine rings is 1. The number of ether oxygens (including phenoxy) is 1. The smallest absolute Gasteiger partial charge is 0.148 e. The normalized spacial score (nSPS) is 15.2. The van der Waals surface area contributed by atoms with Gasteiger partial charge in [0.1, 0.15) is 24.3 Å². The average molecular weight is 432 g/mol. The molecule has 2 heterocycles. The maximum atomic E-state index is 14.9. The van der Waals surface area contributed by atoms with Crippen molar-refractivity contribution >= 4 is 5.69 Å². The average Bonchev–Trinajstić information content (AvgIpc) is 2.84. The molecule has 1 atom stereocenters. The lowest BCUT2D eigenvalue weighted by atomic mass is 9.99. The van der Waals surface area contributed by atoms with E-state index in [1.165, 1.54) is 11.6 Å². The number of pyridine rings is 1. The Labute approximate surface area is 188 Å². The maximum Gasteiger partial charge on any atom is 0.148 e. The first-order valence-electron chi connectivity index (χ1n) is 10.6. The number of rotatable bonds is 7. The minimum atomic E-state index is -0.928. The van der Waals surface area contributed by atoms with Crippen LogP contribution in [0.1, 0.15) is 22.8 Å². The number of benzene rings is 2. The summed E-state index contributed by atoms with van der Waals surface area (Å²) in [5, 5.41) is 10.9. The van der Waals surface area contributed by atoms with Gasteiger partial charge >= 0.3 is 0 Å². The molecule has 2 aromatic carbocycles. The molecule has 1 aromatic heterocycles. The van der Waals surface area contributed by atoms with Gasteiger partial charge in [0.25, 0.3) is 0 Å². The highest BCUT2D eigenvalue weighted by molar-refractivity contribution is 5.58. The van der Waals surface area contributed by atoms with E-state index >= 15 is 0 Å². The van der Waals surface area contributed by atoms with E-state index in [1.54, 1.807) is 36.7 Å². The summed E-state index contributed by atoms with van der Waals surface area (Å²) >= 11 is 0. The van der Waals surface area contributed by atoms with Crippen LogP contribution >= 0.6 is 0 Å². The molecule has 6 heteroatoms. The summed E-state index contributed by atoms with van der Waals surface area (Å²) < 4.78 is 20.3. The van der Waals surface area contributed by atoms with Gasteiger partial charge in [0.2, 0.25) is 0 Å². The van der Waals surface area contributed by atoms with E-state index in [0.717, 1.165) is 25.4 Å². The minimum absolute atomic E-state index is 0.259. The van der Waals surface area contributed by atoms with Crippen molar-refractivity contribution < 1.29 is 14.2 Å². The highest BCUT2D eigenvalue weighted by atomic mass is 19.1. The molecule has 1 fully saturated rings. The lowest BCUT2D eigenvalue weighted by Gasteiger charge is -2.37. The molecular weight excluding hydrogens is 405 g/mol. The number of aliphatic hydroxyl groups excluding tert-OH is 1. The number of aliphatic hydroxyl groups is 1. The Bertz CT molecular complexity index is 1060. The van der Waals surface area contributed by atoms with Crippen LogP contribution in [0, 0.1) is 18.2 Å². The molecule has 164 valence electrons. The second-order valence-electron chi connectivity index (χ2n) is 7.77. The Kier molecular flexibility index (Phi) is 7.00. The van der Waals surface area contributed by atoms with Crippen LogP contribution in [0.3, 0.4) is 0 Å². The van der Waals surface area contributed by atoms with E-state index < -0.39 is 6.10 Å². The lowest BCUT2D eigenvalue weighted by Crippen LogP contribution is -2.46. The summed E-state index contributed by atoms with van der Waals surface area (Å²) in [6, 6.07) is 16.4. The molecule has 4 rings (SSSR count). The number of para-hydroxylation sites is 1. The third-order valence-electron chi connectivity index (χ3n) is 5.65. The topological polar surface area (TPSA) is 48.8 Å². The summed E-state index contributed by atoms with van der Waals surface area (Å²) in [6.45, 7) is 4.02. The highest BCUT2D eigenvalue weighted by Crippen LogP contribution is 2.33. The van der Waals surface area contributed by atoms with E-state index in [0.29, 0.717) is 29.9 Å². The van der Waals surface area contributed by atoms with E-state index in [-0.39, 0.29) is 12.4 Å². The van der Waals surface area contributed by atoms with Crippen LogP contribution in [0.5, 0.6) is 5.75 Å². The number of terminal acetylenes is 1. The molecule has 1 N–H and O–H groups in total. The van der Waals surface area contributed by atoms with Gasteiger partial charge in [-0.25, -0.2) is 4.39 Å². The summed E-state index contributed by atoms with van der Waals surface area (Å²) in [7, 11) is 0. The summed E-state index contributed by atoms with van der Waals surface area (Å²) in [4.78, 5) is 8.44. The molecule has 0 radical (unpaired) electrons. The van der Waals surface area contributed by atoms with Crippen LogP contribution in [0.15, 0.2) is 67.0 Å². The van der Waals surface area contributed by atoms with Crippen molar-refractivity contribution in [3.63, 3.8) is 0 Å². The summed E-state index contributed by atoms with van der Waals surface area (Å²) in [5.74, 6) is 2.90. The fourth-order valence-electron chi connectivity index (χ4n) is 4.01. The monoisotopic (exact) mass is 431 g/mol. The Balaban J connectivity index is 1.42. The van der Waals surface area contributed by atoms with Crippen molar-refractivity contribution in [2.45, 2.75) is 12.6 Å².